The van der Waals surface area contributed by atoms with Crippen LogP contribution < -0.4 is 10.6 Å². The lowest BCUT2D eigenvalue weighted by molar-refractivity contribution is -0.149. The molecule has 32 heavy (non-hydrogen) atoms. The maximum Gasteiger partial charge on any atom is 0.337 e. The Labute approximate surface area is 190 Å². The van der Waals surface area contributed by atoms with Gasteiger partial charge in [0.1, 0.15) is 6.61 Å². The Morgan fingerprint density at radius 1 is 1.16 bits per heavy atom. The largest absolute Gasteiger partial charge is 0.463 e. The van der Waals surface area contributed by atoms with E-state index in [1.807, 2.05) is 0 Å². The highest BCUT2D eigenvalue weighted by Crippen LogP contribution is 2.25. The number of carbonyl (C=O) groups is 3. The quantitative estimate of drug-likeness (QED) is 0.558. The van der Waals surface area contributed by atoms with Gasteiger partial charge in [-0.1, -0.05) is 11.6 Å². The van der Waals surface area contributed by atoms with Crippen molar-refractivity contribution >= 4 is 39.6 Å². The van der Waals surface area contributed by atoms with Gasteiger partial charge in [0.25, 0.3) is 0 Å². The van der Waals surface area contributed by atoms with E-state index in [-0.39, 0.29) is 49.0 Å². The van der Waals surface area contributed by atoms with Crippen molar-refractivity contribution in [3.8, 4) is 0 Å². The highest BCUT2D eigenvalue weighted by Gasteiger charge is 2.33. The van der Waals surface area contributed by atoms with Gasteiger partial charge in [-0.05, 0) is 44.0 Å². The molecule has 174 valence electrons. The molecule has 0 spiro atoms. The highest BCUT2D eigenvalue weighted by atomic mass is 35.5. The molecule has 1 fully saturated rings. The molecule has 0 aliphatic carbocycles. The minimum Gasteiger partial charge on any atom is -0.463 e. The van der Waals surface area contributed by atoms with E-state index >= 15 is 0 Å². The van der Waals surface area contributed by atoms with Crippen LogP contribution >= 0.6 is 11.6 Å². The zero-order chi connectivity index (χ0) is 23.3. The predicted molar refractivity (Wildman–Crippen MR) is 114 cm³/mol. The number of esters is 2. The number of ether oxygens (including phenoxy) is 2. The molecule has 3 rings (SSSR count). The number of nitrogens with zero attached hydrogens (tertiary/aromatic N) is 1. The first-order valence-corrected chi connectivity index (χ1v) is 11.9. The molecule has 2 aliphatic heterocycles. The molecule has 2 N–H and O–H groups in total. The second-order valence-electron chi connectivity index (χ2n) is 7.23. The summed E-state index contributed by atoms with van der Waals surface area (Å²) in [6.45, 7) is 1.85. The Hall–Kier alpha value is -2.63. The molecule has 10 nitrogen and oxygen atoms in total. The Balaban J connectivity index is 1.58. The van der Waals surface area contributed by atoms with Crippen molar-refractivity contribution in [1.82, 2.24) is 14.9 Å². The average Bonchev–Trinajstić information content (AvgIpc) is 2.78. The van der Waals surface area contributed by atoms with Crippen molar-refractivity contribution in [3.05, 3.63) is 40.6 Å². The molecule has 0 radical (unpaired) electrons. The number of hydrogen-bond acceptors (Lipinski definition) is 7. The van der Waals surface area contributed by atoms with Crippen LogP contribution in [0.15, 0.2) is 40.4 Å². The summed E-state index contributed by atoms with van der Waals surface area (Å²) >= 11 is 5.82. The number of piperidine rings is 1. The number of benzene rings is 1. The van der Waals surface area contributed by atoms with Gasteiger partial charge in [0.15, 0.2) is 0 Å². The summed E-state index contributed by atoms with van der Waals surface area (Å²) in [5.74, 6) is -1.61. The third-order valence-electron chi connectivity index (χ3n) is 5.17. The highest BCUT2D eigenvalue weighted by molar-refractivity contribution is 7.89. The van der Waals surface area contributed by atoms with Crippen LogP contribution in [-0.4, -0.2) is 63.5 Å². The van der Waals surface area contributed by atoms with Gasteiger partial charge in [0.2, 0.25) is 10.0 Å². The van der Waals surface area contributed by atoms with Crippen molar-refractivity contribution in [2.24, 2.45) is 5.92 Å². The first-order valence-electron chi connectivity index (χ1n) is 10.1. The third kappa shape index (κ3) is 5.59. The summed E-state index contributed by atoms with van der Waals surface area (Å²) in [7, 11) is -3.68. The van der Waals surface area contributed by atoms with Crippen LogP contribution in [0.2, 0.25) is 5.02 Å². The van der Waals surface area contributed by atoms with Gasteiger partial charge >= 0.3 is 18.0 Å². The number of carbonyl (C=O) groups excluding carboxylic acids is 3. The Morgan fingerprint density at radius 2 is 1.81 bits per heavy atom. The number of nitrogens with one attached hydrogen (secondary N) is 2. The van der Waals surface area contributed by atoms with Gasteiger partial charge in [-0.25, -0.2) is 18.0 Å². The lowest BCUT2D eigenvalue weighted by Crippen LogP contribution is -2.45. The molecular weight excluding hydrogens is 462 g/mol. The molecule has 0 atom stereocenters. The topological polar surface area (TPSA) is 131 Å². The fourth-order valence-electron chi connectivity index (χ4n) is 3.42. The number of halogens is 1. The lowest BCUT2D eigenvalue weighted by atomic mass is 9.98. The van der Waals surface area contributed by atoms with Gasteiger partial charge in [0.05, 0.1) is 35.2 Å². The summed E-state index contributed by atoms with van der Waals surface area (Å²) in [4.78, 5) is 36.3. The van der Waals surface area contributed by atoms with E-state index in [1.54, 1.807) is 6.92 Å². The standard InChI is InChI=1S/C20H24ClN3O7S/c1-2-30-19(26)16-11-22-20(27)23-17(16)12-31-18(25)13-7-9-24(10-8-13)32(28,29)15-5-3-14(21)4-6-15/h3-6,13H,2,7-12H2,1H3,(H2,22,23,27). The van der Waals surface area contributed by atoms with E-state index in [1.165, 1.54) is 28.6 Å². The van der Waals surface area contributed by atoms with Crippen LogP contribution in [0, 0.1) is 5.92 Å². The van der Waals surface area contributed by atoms with Crippen LogP contribution in [0.3, 0.4) is 0 Å². The molecular formula is C20H24ClN3O7S. The molecule has 0 aromatic heterocycles. The van der Waals surface area contributed by atoms with Crippen molar-refractivity contribution in [3.63, 3.8) is 0 Å². The zero-order valence-corrected chi connectivity index (χ0v) is 19.0. The van der Waals surface area contributed by atoms with Crippen molar-refractivity contribution < 1.29 is 32.3 Å². The number of amides is 2. The minimum atomic E-state index is -3.68. The minimum absolute atomic E-state index is 0.0293. The first kappa shape index (κ1) is 24.0. The van der Waals surface area contributed by atoms with E-state index < -0.39 is 33.9 Å². The molecule has 0 unspecified atom stereocenters. The number of sulfonamides is 1. The molecule has 1 aromatic carbocycles. The van der Waals surface area contributed by atoms with E-state index in [0.29, 0.717) is 17.9 Å². The molecule has 1 aromatic rings. The van der Waals surface area contributed by atoms with E-state index in [9.17, 15) is 22.8 Å². The summed E-state index contributed by atoms with van der Waals surface area (Å²) in [5.41, 5.74) is 0.353. The van der Waals surface area contributed by atoms with Crippen LogP contribution in [0.25, 0.3) is 0 Å². The Kier molecular flexibility index (Phi) is 7.75. The predicted octanol–water partition coefficient (Wildman–Crippen LogP) is 1.41. The van der Waals surface area contributed by atoms with Crippen LogP contribution in [0.5, 0.6) is 0 Å². The number of rotatable bonds is 7. The van der Waals surface area contributed by atoms with Gasteiger partial charge in [-0.15, -0.1) is 0 Å². The van der Waals surface area contributed by atoms with Crippen LogP contribution in [0.1, 0.15) is 19.8 Å². The van der Waals surface area contributed by atoms with Crippen molar-refractivity contribution in [1.29, 1.82) is 0 Å². The molecule has 1 saturated heterocycles. The van der Waals surface area contributed by atoms with Crippen LogP contribution in [-0.2, 0) is 29.1 Å². The molecule has 2 amide bonds. The summed E-state index contributed by atoms with van der Waals surface area (Å²) in [6, 6.07) is 5.40. The smallest absolute Gasteiger partial charge is 0.337 e. The maximum absolute atomic E-state index is 12.8. The van der Waals surface area contributed by atoms with Crippen LogP contribution in [0.4, 0.5) is 4.79 Å². The third-order valence-corrected chi connectivity index (χ3v) is 7.34. The molecule has 0 bridgehead atoms. The van der Waals surface area contributed by atoms with Gasteiger partial charge in [-0.3, -0.25) is 4.79 Å². The number of urea groups is 1. The maximum atomic E-state index is 12.8. The average molecular weight is 486 g/mol. The summed E-state index contributed by atoms with van der Waals surface area (Å²) < 4.78 is 37.1. The summed E-state index contributed by atoms with van der Waals surface area (Å²) in [5, 5.41) is 5.38. The molecule has 0 saturated carbocycles. The molecule has 2 aliphatic rings. The second-order valence-corrected chi connectivity index (χ2v) is 9.60. The fraction of sp³-hybridized carbons (Fsp3) is 0.450. The van der Waals surface area contributed by atoms with Gasteiger partial charge in [0, 0.05) is 18.1 Å². The van der Waals surface area contributed by atoms with Gasteiger partial charge in [-0.2, -0.15) is 4.31 Å². The zero-order valence-electron chi connectivity index (χ0n) is 17.4. The Morgan fingerprint density at radius 3 is 2.44 bits per heavy atom. The Bertz CT molecular complexity index is 1020. The number of hydrogen-bond donors (Lipinski definition) is 2. The monoisotopic (exact) mass is 485 g/mol. The first-order chi connectivity index (χ1) is 15.2. The van der Waals surface area contributed by atoms with Gasteiger partial charge < -0.3 is 20.1 Å². The summed E-state index contributed by atoms with van der Waals surface area (Å²) in [6.07, 6.45) is 0.590. The van der Waals surface area contributed by atoms with E-state index in [4.69, 9.17) is 21.1 Å². The fourth-order valence-corrected chi connectivity index (χ4v) is 5.01. The van der Waals surface area contributed by atoms with Crippen molar-refractivity contribution in [2.75, 3.05) is 32.8 Å². The normalized spacial score (nSPS) is 18.0. The molecule has 12 heteroatoms. The van der Waals surface area contributed by atoms with Crippen molar-refractivity contribution in [2.45, 2.75) is 24.7 Å². The lowest BCUT2D eigenvalue weighted by Gasteiger charge is -2.30. The SMILES string of the molecule is CCOC(=O)C1=C(COC(=O)C2CCN(S(=O)(=O)c3ccc(Cl)cc3)CC2)NC(=O)NC1. The molecule has 2 heterocycles. The van der Waals surface area contributed by atoms with E-state index in [2.05, 4.69) is 10.6 Å². The second kappa shape index (κ2) is 10.3. The van der Waals surface area contributed by atoms with E-state index in [0.717, 1.165) is 0 Å².